The molecule has 2 aromatic heterocycles. The largest absolute Gasteiger partial charge is 0.419 e. The smallest absolute Gasteiger partial charge is 0.328 e. The molecule has 0 fully saturated rings. The number of quaternary nitrogens is 1. The molecular weight excluding hydrogens is 570 g/mol. The summed E-state index contributed by atoms with van der Waals surface area (Å²) in [5.74, 6) is -2.20. The van der Waals surface area contributed by atoms with Gasteiger partial charge >= 0.3 is 6.18 Å². The molecule has 224 valence electrons. The van der Waals surface area contributed by atoms with Crippen LogP contribution in [0.15, 0.2) is 71.7 Å². The molecule has 9 nitrogen and oxygen atoms in total. The van der Waals surface area contributed by atoms with Crippen LogP contribution in [-0.4, -0.2) is 55.1 Å². The summed E-state index contributed by atoms with van der Waals surface area (Å²) in [6.07, 6.45) is -4.03. The maximum atomic E-state index is 13.9. The molecule has 1 atom stereocenters. The summed E-state index contributed by atoms with van der Waals surface area (Å²) in [5, 5.41) is 29.6. The second-order valence-electron chi connectivity index (χ2n) is 9.97. The van der Waals surface area contributed by atoms with Gasteiger partial charge in [-0.25, -0.2) is 9.37 Å². The number of hydroxylamine groups is 4. The Balaban J connectivity index is 1.83. The number of nitriles is 1. The standard InChI is InChI=1S/C30H28F4N5O4/c1-3-39(42,43)15-14-37(26(40)17-21-9-12-24(31)23(16-21)30(32,33)34)19(2)28-27(22-10-7-20(18-35)8-11-22)29(41)38-13-5-4-6-25(38)36-28/h4-13,16,19,42-43H,3,14-15,17H2,1-2H3/q+1. The second-order valence-corrected chi connectivity index (χ2v) is 9.97. The lowest BCUT2D eigenvalue weighted by Crippen LogP contribution is -2.48. The van der Waals surface area contributed by atoms with Gasteiger partial charge in [0.05, 0.1) is 47.5 Å². The molecule has 4 rings (SSSR count). The summed E-state index contributed by atoms with van der Waals surface area (Å²) in [4.78, 5) is 31.9. The number of halogens is 4. The topological polar surface area (TPSA) is 119 Å². The lowest BCUT2D eigenvalue weighted by Gasteiger charge is -2.32. The normalized spacial score (nSPS) is 12.6. The molecule has 1 unspecified atom stereocenters. The Morgan fingerprint density at radius 2 is 1.84 bits per heavy atom. The minimum Gasteiger partial charge on any atom is -0.328 e. The van der Waals surface area contributed by atoms with E-state index in [2.05, 4.69) is 4.98 Å². The summed E-state index contributed by atoms with van der Waals surface area (Å²) in [6.45, 7) is 2.28. The zero-order chi connectivity index (χ0) is 31.5. The van der Waals surface area contributed by atoms with E-state index in [1.54, 1.807) is 37.3 Å². The Morgan fingerprint density at radius 3 is 2.47 bits per heavy atom. The molecule has 0 aliphatic rings. The number of likely N-dealkylation sites (N-methyl/N-ethyl adjacent to an activating group) is 1. The van der Waals surface area contributed by atoms with Crippen LogP contribution in [0.1, 0.15) is 42.3 Å². The maximum Gasteiger partial charge on any atom is 0.419 e. The number of carbonyl (C=O) groups is 1. The van der Waals surface area contributed by atoms with Gasteiger partial charge in [-0.1, -0.05) is 24.3 Å². The molecule has 1 amide bonds. The molecule has 0 saturated heterocycles. The van der Waals surface area contributed by atoms with Gasteiger partial charge in [-0.15, -0.1) is 0 Å². The Morgan fingerprint density at radius 1 is 1.14 bits per heavy atom. The van der Waals surface area contributed by atoms with E-state index >= 15 is 0 Å². The molecule has 13 heteroatoms. The molecule has 0 aliphatic carbocycles. The van der Waals surface area contributed by atoms with Crippen LogP contribution in [0.4, 0.5) is 17.6 Å². The molecule has 0 aliphatic heterocycles. The fourth-order valence-electron chi connectivity index (χ4n) is 4.68. The van der Waals surface area contributed by atoms with E-state index in [9.17, 15) is 42.8 Å². The zero-order valence-electron chi connectivity index (χ0n) is 23.2. The van der Waals surface area contributed by atoms with Crippen molar-refractivity contribution in [1.82, 2.24) is 14.3 Å². The third-order valence-electron chi connectivity index (χ3n) is 7.15. The Labute approximate surface area is 243 Å². The molecule has 0 spiro atoms. The predicted octanol–water partition coefficient (Wildman–Crippen LogP) is 5.14. The Hall–Kier alpha value is -4.64. The van der Waals surface area contributed by atoms with Crippen LogP contribution in [0, 0.1) is 17.1 Å². The first-order chi connectivity index (χ1) is 20.3. The van der Waals surface area contributed by atoms with Gasteiger partial charge in [0.25, 0.3) is 5.56 Å². The third-order valence-corrected chi connectivity index (χ3v) is 7.15. The lowest BCUT2D eigenvalue weighted by molar-refractivity contribution is -1.24. The van der Waals surface area contributed by atoms with Gasteiger partial charge in [0.2, 0.25) is 5.91 Å². The number of benzene rings is 2. The Kier molecular flexibility index (Phi) is 8.96. The van der Waals surface area contributed by atoms with Gasteiger partial charge in [0.1, 0.15) is 18.0 Å². The van der Waals surface area contributed by atoms with Crippen LogP contribution >= 0.6 is 0 Å². The van der Waals surface area contributed by atoms with Crippen LogP contribution in [0.25, 0.3) is 16.8 Å². The van der Waals surface area contributed by atoms with Crippen molar-refractivity contribution in [2.24, 2.45) is 0 Å². The van der Waals surface area contributed by atoms with E-state index in [0.29, 0.717) is 23.3 Å². The van der Waals surface area contributed by atoms with E-state index in [-0.39, 0.29) is 42.1 Å². The molecule has 2 N–H and O–H groups in total. The van der Waals surface area contributed by atoms with Crippen molar-refractivity contribution in [1.29, 1.82) is 5.26 Å². The number of hydrogen-bond donors (Lipinski definition) is 2. The van der Waals surface area contributed by atoms with Crippen molar-refractivity contribution in [2.75, 3.05) is 19.6 Å². The van der Waals surface area contributed by atoms with Gasteiger partial charge in [-0.05, 0) is 66.2 Å². The summed E-state index contributed by atoms with van der Waals surface area (Å²) >= 11 is 0. The number of pyridine rings is 1. The summed E-state index contributed by atoms with van der Waals surface area (Å²) in [7, 11) is 0. The first-order valence-electron chi connectivity index (χ1n) is 13.2. The van der Waals surface area contributed by atoms with Gasteiger partial charge < -0.3 is 4.90 Å². The van der Waals surface area contributed by atoms with Crippen molar-refractivity contribution in [3.63, 3.8) is 0 Å². The first-order valence-corrected chi connectivity index (χ1v) is 13.2. The maximum absolute atomic E-state index is 13.9. The molecule has 0 bridgehead atoms. The van der Waals surface area contributed by atoms with E-state index in [1.807, 2.05) is 6.07 Å². The molecule has 4 aromatic rings. The van der Waals surface area contributed by atoms with Gasteiger partial charge in [0, 0.05) is 6.20 Å². The summed E-state index contributed by atoms with van der Waals surface area (Å²) in [6, 6.07) is 14.3. The van der Waals surface area contributed by atoms with E-state index < -0.39 is 46.3 Å². The van der Waals surface area contributed by atoms with Crippen molar-refractivity contribution >= 4 is 11.6 Å². The summed E-state index contributed by atoms with van der Waals surface area (Å²) in [5.41, 5.74) is -0.826. The highest BCUT2D eigenvalue weighted by Crippen LogP contribution is 2.33. The number of hydrogen-bond acceptors (Lipinski definition) is 6. The minimum atomic E-state index is -4.98. The van der Waals surface area contributed by atoms with Gasteiger partial charge in [-0.2, -0.15) is 28.8 Å². The third kappa shape index (κ3) is 6.89. The van der Waals surface area contributed by atoms with Crippen LogP contribution in [-0.2, 0) is 17.4 Å². The molecular formula is C30H28F4N5O4+. The van der Waals surface area contributed by atoms with E-state index in [1.165, 1.54) is 34.6 Å². The Bertz CT molecular complexity index is 1750. The van der Waals surface area contributed by atoms with Gasteiger partial charge in [0.15, 0.2) is 6.54 Å². The molecule has 0 saturated carbocycles. The quantitative estimate of drug-likeness (QED) is 0.157. The van der Waals surface area contributed by atoms with Gasteiger partial charge in [-0.3, -0.25) is 14.0 Å². The number of fused-ring (bicyclic) bond motifs is 1. The van der Waals surface area contributed by atoms with Crippen LogP contribution in [0.2, 0.25) is 0 Å². The van der Waals surface area contributed by atoms with Crippen LogP contribution < -0.4 is 5.56 Å². The molecule has 2 heterocycles. The van der Waals surface area contributed by atoms with Crippen molar-refractivity contribution < 1.29 is 37.6 Å². The fraction of sp³-hybridized carbons (Fsp3) is 0.267. The average Bonchev–Trinajstić information content (AvgIpc) is 2.97. The predicted molar refractivity (Wildman–Crippen MR) is 146 cm³/mol. The van der Waals surface area contributed by atoms with Crippen molar-refractivity contribution in [2.45, 2.75) is 32.5 Å². The average molecular weight is 599 g/mol. The lowest BCUT2D eigenvalue weighted by atomic mass is 9.99. The number of carbonyl (C=O) groups excluding carboxylic acids is 1. The fourth-order valence-corrected chi connectivity index (χ4v) is 4.68. The summed E-state index contributed by atoms with van der Waals surface area (Å²) < 4.78 is 55.2. The molecule has 43 heavy (non-hydrogen) atoms. The van der Waals surface area contributed by atoms with Crippen LogP contribution in [0.3, 0.4) is 0 Å². The molecule has 2 aromatic carbocycles. The van der Waals surface area contributed by atoms with E-state index in [0.717, 1.165) is 6.07 Å². The molecule has 0 radical (unpaired) electrons. The number of amides is 1. The van der Waals surface area contributed by atoms with Crippen LogP contribution in [0.5, 0.6) is 0 Å². The highest BCUT2D eigenvalue weighted by atomic mass is 19.4. The highest BCUT2D eigenvalue weighted by Gasteiger charge is 2.35. The first kappa shape index (κ1) is 31.3. The number of rotatable bonds is 9. The monoisotopic (exact) mass is 598 g/mol. The zero-order valence-corrected chi connectivity index (χ0v) is 23.2. The second kappa shape index (κ2) is 12.3. The van der Waals surface area contributed by atoms with Crippen molar-refractivity contribution in [3.05, 3.63) is 105 Å². The van der Waals surface area contributed by atoms with E-state index in [4.69, 9.17) is 0 Å². The number of aromatic nitrogens is 2. The number of alkyl halides is 3. The highest BCUT2D eigenvalue weighted by molar-refractivity contribution is 5.80. The van der Waals surface area contributed by atoms with Crippen molar-refractivity contribution in [3.8, 4) is 17.2 Å². The minimum absolute atomic E-state index is 0.112. The SMILES string of the molecule is CC[N+](O)(O)CCN(C(=O)Cc1ccc(F)c(C(F)(F)F)c1)C(C)c1nc2ccccn2c(=O)c1-c1ccc(C#N)cc1. The number of nitrogens with zero attached hydrogens (tertiary/aromatic N) is 5.